The fourth-order valence-electron chi connectivity index (χ4n) is 3.09. The van der Waals surface area contributed by atoms with E-state index in [4.69, 9.17) is 16.3 Å². The first kappa shape index (κ1) is 18.6. The molecule has 0 aliphatic carbocycles. The fraction of sp³-hybridized carbons (Fsp3) is 0.200. The van der Waals surface area contributed by atoms with E-state index in [9.17, 15) is 9.59 Å². The highest BCUT2D eigenvalue weighted by Gasteiger charge is 2.20. The Kier molecular flexibility index (Phi) is 4.87. The van der Waals surface area contributed by atoms with Crippen molar-refractivity contribution in [1.82, 2.24) is 14.5 Å². The second-order valence-corrected chi connectivity index (χ2v) is 7.62. The summed E-state index contributed by atoms with van der Waals surface area (Å²) in [5.74, 6) is -0.435. The zero-order chi connectivity index (χ0) is 19.8. The van der Waals surface area contributed by atoms with E-state index in [0.29, 0.717) is 25.8 Å². The van der Waals surface area contributed by atoms with Gasteiger partial charge in [-0.3, -0.25) is 9.36 Å². The van der Waals surface area contributed by atoms with Crippen LogP contribution < -0.4 is 5.56 Å². The summed E-state index contributed by atoms with van der Waals surface area (Å²) in [5.41, 5.74) is 1.89. The Morgan fingerprint density at radius 3 is 2.89 bits per heavy atom. The number of rotatable bonds is 4. The number of aromatic nitrogens is 3. The second kappa shape index (κ2) is 7.33. The molecule has 0 fully saturated rings. The van der Waals surface area contributed by atoms with Crippen molar-refractivity contribution in [3.05, 3.63) is 68.2 Å². The largest absolute Gasteiger partial charge is 0.462 e. The first-order valence-corrected chi connectivity index (χ1v) is 9.89. The summed E-state index contributed by atoms with van der Waals surface area (Å²) >= 11 is 7.50. The van der Waals surface area contributed by atoms with E-state index in [0.717, 1.165) is 16.5 Å². The van der Waals surface area contributed by atoms with E-state index in [1.807, 2.05) is 30.3 Å². The second-order valence-electron chi connectivity index (χ2n) is 6.27. The number of pyridine rings is 1. The topological polar surface area (TPSA) is 74.1 Å². The molecule has 4 aromatic rings. The van der Waals surface area contributed by atoms with Crippen LogP contribution in [0, 0.1) is 6.92 Å². The maximum absolute atomic E-state index is 13.0. The van der Waals surface area contributed by atoms with Gasteiger partial charge in [-0.15, -0.1) is 11.3 Å². The van der Waals surface area contributed by atoms with Crippen LogP contribution >= 0.6 is 22.9 Å². The van der Waals surface area contributed by atoms with E-state index in [2.05, 4.69) is 9.97 Å². The van der Waals surface area contributed by atoms with Crippen molar-refractivity contribution < 1.29 is 9.53 Å². The molecule has 0 unspecified atom stereocenters. The number of hydrogen-bond donors (Lipinski definition) is 0. The number of benzene rings is 1. The number of para-hydroxylation sites is 1. The molecule has 0 saturated heterocycles. The average molecular weight is 414 g/mol. The van der Waals surface area contributed by atoms with E-state index < -0.39 is 5.97 Å². The minimum absolute atomic E-state index is 0.224. The van der Waals surface area contributed by atoms with E-state index >= 15 is 0 Å². The van der Waals surface area contributed by atoms with Crippen molar-refractivity contribution in [2.75, 3.05) is 6.61 Å². The lowest BCUT2D eigenvalue weighted by atomic mass is 10.1. The third kappa shape index (κ3) is 3.16. The van der Waals surface area contributed by atoms with Crippen LogP contribution in [0.3, 0.4) is 0 Å². The maximum Gasteiger partial charge on any atom is 0.348 e. The van der Waals surface area contributed by atoms with Crippen molar-refractivity contribution in [3.8, 4) is 0 Å². The number of fused-ring (bicyclic) bond motifs is 2. The molecule has 0 amide bonds. The molecule has 6 nitrogen and oxygen atoms in total. The summed E-state index contributed by atoms with van der Waals surface area (Å²) < 4.78 is 6.55. The molecule has 0 aliphatic heterocycles. The number of esters is 1. The summed E-state index contributed by atoms with van der Waals surface area (Å²) in [6.07, 6.45) is 1.47. The third-order valence-electron chi connectivity index (χ3n) is 4.47. The number of ether oxygens (including phenoxy) is 1. The van der Waals surface area contributed by atoms with Gasteiger partial charge in [0.2, 0.25) is 0 Å². The lowest BCUT2D eigenvalue weighted by Gasteiger charge is -2.08. The molecule has 142 valence electrons. The van der Waals surface area contributed by atoms with Gasteiger partial charge in [-0.25, -0.2) is 14.8 Å². The number of hydrogen-bond acceptors (Lipinski definition) is 6. The lowest BCUT2D eigenvalue weighted by molar-refractivity contribution is 0.0531. The highest BCUT2D eigenvalue weighted by atomic mass is 35.5. The molecule has 1 aromatic carbocycles. The van der Waals surface area contributed by atoms with E-state index in [1.165, 1.54) is 22.2 Å². The Bertz CT molecular complexity index is 1280. The fourth-order valence-corrected chi connectivity index (χ4v) is 4.33. The van der Waals surface area contributed by atoms with Gasteiger partial charge in [-0.05, 0) is 31.5 Å². The van der Waals surface area contributed by atoms with Crippen LogP contribution in [0.1, 0.15) is 27.7 Å². The Labute approximate surface area is 169 Å². The molecule has 8 heteroatoms. The van der Waals surface area contributed by atoms with Crippen LogP contribution in [0.2, 0.25) is 5.15 Å². The zero-order valence-electron chi connectivity index (χ0n) is 15.2. The smallest absolute Gasteiger partial charge is 0.348 e. The highest BCUT2D eigenvalue weighted by molar-refractivity contribution is 7.20. The zero-order valence-corrected chi connectivity index (χ0v) is 16.8. The molecule has 0 N–H and O–H groups in total. The molecule has 0 bridgehead atoms. The molecule has 0 aliphatic rings. The normalized spacial score (nSPS) is 11.2. The van der Waals surface area contributed by atoms with Crippen LogP contribution in [0.15, 0.2) is 41.5 Å². The number of carbonyl (C=O) groups is 1. The lowest BCUT2D eigenvalue weighted by Crippen LogP contribution is -2.21. The molecule has 28 heavy (non-hydrogen) atoms. The van der Waals surface area contributed by atoms with Gasteiger partial charge in [-0.2, -0.15) is 0 Å². The number of thiophene rings is 1. The Hall–Kier alpha value is -2.77. The standard InChI is InChI=1S/C20H16ClN3O3S/c1-3-27-20(26)16-11(2)15-18(28-16)22-10-24(19(15)25)9-13-8-12-6-4-5-7-14(12)23-17(13)21/h4-8,10H,3,9H2,1-2H3. The summed E-state index contributed by atoms with van der Waals surface area (Å²) in [7, 11) is 0. The van der Waals surface area contributed by atoms with Gasteiger partial charge in [0.25, 0.3) is 5.56 Å². The van der Waals surface area contributed by atoms with Gasteiger partial charge >= 0.3 is 5.97 Å². The number of nitrogens with zero attached hydrogens (tertiary/aromatic N) is 3. The van der Waals surface area contributed by atoms with Gasteiger partial charge in [0.05, 0.1) is 30.4 Å². The Balaban J connectivity index is 1.79. The van der Waals surface area contributed by atoms with Crippen LogP contribution in [0.25, 0.3) is 21.1 Å². The first-order valence-electron chi connectivity index (χ1n) is 8.69. The molecule has 0 radical (unpaired) electrons. The van der Waals surface area contributed by atoms with Gasteiger partial charge in [0.1, 0.15) is 14.9 Å². The van der Waals surface area contributed by atoms with Crippen LogP contribution in [-0.4, -0.2) is 27.1 Å². The summed E-state index contributed by atoms with van der Waals surface area (Å²) in [4.78, 5) is 34.8. The highest BCUT2D eigenvalue weighted by Crippen LogP contribution is 2.28. The Morgan fingerprint density at radius 1 is 1.32 bits per heavy atom. The summed E-state index contributed by atoms with van der Waals surface area (Å²) in [6.45, 7) is 4.00. The van der Waals surface area contributed by atoms with Crippen molar-refractivity contribution in [3.63, 3.8) is 0 Å². The van der Waals surface area contributed by atoms with E-state index in [-0.39, 0.29) is 18.7 Å². The number of aryl methyl sites for hydroxylation is 1. The van der Waals surface area contributed by atoms with Gasteiger partial charge in [0, 0.05) is 10.9 Å². The molecule has 4 rings (SSSR count). The van der Waals surface area contributed by atoms with Crippen molar-refractivity contribution >= 4 is 50.0 Å². The Morgan fingerprint density at radius 2 is 2.11 bits per heavy atom. The SMILES string of the molecule is CCOC(=O)c1sc2ncn(Cc3cc4ccccc4nc3Cl)c(=O)c2c1C. The molecule has 3 heterocycles. The minimum atomic E-state index is -0.435. The molecule has 0 spiro atoms. The summed E-state index contributed by atoms with van der Waals surface area (Å²) in [5, 5.41) is 1.72. The molecule has 0 atom stereocenters. The number of halogens is 1. The van der Waals surface area contributed by atoms with Crippen molar-refractivity contribution in [2.24, 2.45) is 0 Å². The van der Waals surface area contributed by atoms with Crippen molar-refractivity contribution in [1.29, 1.82) is 0 Å². The predicted molar refractivity (Wildman–Crippen MR) is 110 cm³/mol. The molecular formula is C20H16ClN3O3S. The predicted octanol–water partition coefficient (Wildman–Crippen LogP) is 4.19. The monoisotopic (exact) mass is 413 g/mol. The van der Waals surface area contributed by atoms with Crippen LogP contribution in [0.4, 0.5) is 0 Å². The summed E-state index contributed by atoms with van der Waals surface area (Å²) in [6, 6.07) is 9.57. The van der Waals surface area contributed by atoms with Crippen LogP contribution in [0.5, 0.6) is 0 Å². The quantitative estimate of drug-likeness (QED) is 0.370. The minimum Gasteiger partial charge on any atom is -0.462 e. The van der Waals surface area contributed by atoms with E-state index in [1.54, 1.807) is 13.8 Å². The molecule has 0 saturated carbocycles. The average Bonchev–Trinajstić information content (AvgIpc) is 3.02. The molecular weight excluding hydrogens is 398 g/mol. The van der Waals surface area contributed by atoms with Gasteiger partial charge in [-0.1, -0.05) is 29.8 Å². The third-order valence-corrected chi connectivity index (χ3v) is 5.98. The first-order chi connectivity index (χ1) is 13.5. The van der Waals surface area contributed by atoms with Crippen molar-refractivity contribution in [2.45, 2.75) is 20.4 Å². The van der Waals surface area contributed by atoms with Gasteiger partial charge < -0.3 is 4.74 Å². The van der Waals surface area contributed by atoms with Gasteiger partial charge in [0.15, 0.2) is 0 Å². The molecule has 3 aromatic heterocycles. The maximum atomic E-state index is 13.0. The van der Waals surface area contributed by atoms with Crippen LogP contribution in [-0.2, 0) is 11.3 Å². The number of carbonyl (C=O) groups excluding carboxylic acids is 1.